The number of hydrogen-bond donors (Lipinski definition) is 0. The first kappa shape index (κ1) is 21.5. The molecule has 1 aromatic heterocycles. The van der Waals surface area contributed by atoms with E-state index in [2.05, 4.69) is 4.98 Å². The molecule has 4 rings (SSSR count). The van der Waals surface area contributed by atoms with Crippen molar-refractivity contribution in [3.63, 3.8) is 0 Å². The van der Waals surface area contributed by atoms with Crippen LogP contribution in [-0.2, 0) is 30.5 Å². The van der Waals surface area contributed by atoms with Crippen molar-refractivity contribution in [2.75, 3.05) is 44.1 Å². The van der Waals surface area contributed by atoms with Gasteiger partial charge in [-0.15, -0.1) is 0 Å². The maximum absolute atomic E-state index is 13.2. The third kappa shape index (κ3) is 4.35. The monoisotopic (exact) mass is 447 g/mol. The Morgan fingerprint density at radius 3 is 2.45 bits per heavy atom. The molecular formula is C21H25N3O6S. The van der Waals surface area contributed by atoms with Crippen LogP contribution in [0.5, 0.6) is 0 Å². The number of carbonyl (C=O) groups excluding carboxylic acids is 1. The molecule has 0 saturated carbocycles. The van der Waals surface area contributed by atoms with Crippen molar-refractivity contribution < 1.29 is 22.7 Å². The molecule has 2 fully saturated rings. The largest absolute Gasteiger partial charge is 0.466 e. The van der Waals surface area contributed by atoms with Crippen LogP contribution in [0.25, 0.3) is 5.69 Å². The Labute approximate surface area is 180 Å². The highest BCUT2D eigenvalue weighted by atomic mass is 32.2. The molecular weight excluding hydrogens is 422 g/mol. The predicted molar refractivity (Wildman–Crippen MR) is 113 cm³/mol. The van der Waals surface area contributed by atoms with Crippen LogP contribution in [0.2, 0.25) is 0 Å². The van der Waals surface area contributed by atoms with Crippen molar-refractivity contribution in [2.24, 2.45) is 5.41 Å². The van der Waals surface area contributed by atoms with Crippen LogP contribution in [0, 0.1) is 5.41 Å². The summed E-state index contributed by atoms with van der Waals surface area (Å²) in [6.45, 7) is 4.83. The van der Waals surface area contributed by atoms with Gasteiger partial charge >= 0.3 is 5.97 Å². The van der Waals surface area contributed by atoms with Gasteiger partial charge < -0.3 is 14.4 Å². The van der Waals surface area contributed by atoms with Crippen LogP contribution in [0.4, 0.5) is 5.82 Å². The van der Waals surface area contributed by atoms with Crippen LogP contribution >= 0.6 is 0 Å². The Morgan fingerprint density at radius 2 is 1.90 bits per heavy atom. The van der Waals surface area contributed by atoms with Crippen molar-refractivity contribution in [1.82, 2.24) is 9.55 Å². The minimum Gasteiger partial charge on any atom is -0.466 e. The normalized spacial score (nSPS) is 17.2. The molecule has 1 aromatic carbocycles. The molecule has 9 nitrogen and oxygen atoms in total. The number of anilines is 1. The molecule has 2 aliphatic heterocycles. The van der Waals surface area contributed by atoms with E-state index in [4.69, 9.17) is 9.47 Å². The van der Waals surface area contributed by atoms with Crippen molar-refractivity contribution >= 4 is 21.6 Å². The molecule has 0 atom stereocenters. The first-order valence-corrected chi connectivity index (χ1v) is 12.0. The molecule has 2 aliphatic rings. The van der Waals surface area contributed by atoms with Gasteiger partial charge in [0.2, 0.25) is 0 Å². The maximum Gasteiger partial charge on any atom is 0.306 e. The topological polar surface area (TPSA) is 108 Å². The second kappa shape index (κ2) is 8.08. The van der Waals surface area contributed by atoms with Gasteiger partial charge in [0.1, 0.15) is 0 Å². The second-order valence-electron chi connectivity index (χ2n) is 8.15. The van der Waals surface area contributed by atoms with Crippen LogP contribution in [0.3, 0.4) is 0 Å². The van der Waals surface area contributed by atoms with Crippen molar-refractivity contribution in [2.45, 2.75) is 24.7 Å². The number of sulfone groups is 1. The quantitative estimate of drug-likeness (QED) is 0.578. The summed E-state index contributed by atoms with van der Waals surface area (Å²) in [5, 5.41) is 0. The van der Waals surface area contributed by atoms with Crippen LogP contribution < -0.4 is 10.5 Å². The molecule has 31 heavy (non-hydrogen) atoms. The Kier molecular flexibility index (Phi) is 5.61. The third-order valence-corrected chi connectivity index (χ3v) is 6.67. The SMILES string of the molecule is CCOC(=O)CCc1cn(-c2ccc(S(C)(=O)=O)cc2)c(=O)c(N2CC3(COC3)C2)n1. The highest BCUT2D eigenvalue weighted by Gasteiger charge is 2.50. The van der Waals surface area contributed by atoms with Gasteiger partial charge in [-0.05, 0) is 31.2 Å². The number of aryl methyl sites for hydroxylation is 1. The lowest BCUT2D eigenvalue weighted by atomic mass is 9.78. The average molecular weight is 448 g/mol. The van der Waals surface area contributed by atoms with E-state index in [1.165, 1.54) is 16.7 Å². The number of carbonyl (C=O) groups is 1. The Bertz CT molecular complexity index is 1140. The summed E-state index contributed by atoms with van der Waals surface area (Å²) in [5.74, 6) is 0.00157. The molecule has 0 bridgehead atoms. The smallest absolute Gasteiger partial charge is 0.306 e. The summed E-state index contributed by atoms with van der Waals surface area (Å²) < 4.78 is 35.3. The fourth-order valence-electron chi connectivity index (χ4n) is 3.85. The van der Waals surface area contributed by atoms with Gasteiger partial charge in [0.15, 0.2) is 15.7 Å². The Morgan fingerprint density at radius 1 is 1.23 bits per heavy atom. The highest BCUT2D eigenvalue weighted by Crippen LogP contribution is 2.38. The molecule has 0 amide bonds. The molecule has 0 N–H and O–H groups in total. The van der Waals surface area contributed by atoms with Gasteiger partial charge in [0.05, 0.1) is 42.2 Å². The summed E-state index contributed by atoms with van der Waals surface area (Å²) >= 11 is 0. The van der Waals surface area contributed by atoms with E-state index < -0.39 is 9.84 Å². The molecule has 0 radical (unpaired) electrons. The summed E-state index contributed by atoms with van der Waals surface area (Å²) in [4.78, 5) is 31.6. The molecule has 3 heterocycles. The molecule has 2 aromatic rings. The van der Waals surface area contributed by atoms with E-state index in [0.717, 1.165) is 6.26 Å². The molecule has 1 spiro atoms. The second-order valence-corrected chi connectivity index (χ2v) is 10.2. The van der Waals surface area contributed by atoms with Crippen LogP contribution in [0.1, 0.15) is 19.0 Å². The van der Waals surface area contributed by atoms with Gasteiger partial charge in [-0.1, -0.05) is 0 Å². The van der Waals surface area contributed by atoms with Gasteiger partial charge in [-0.2, -0.15) is 0 Å². The third-order valence-electron chi connectivity index (χ3n) is 5.54. The molecule has 2 saturated heterocycles. The summed E-state index contributed by atoms with van der Waals surface area (Å²) in [6, 6.07) is 6.13. The van der Waals surface area contributed by atoms with Crippen molar-refractivity contribution in [3.05, 3.63) is 46.5 Å². The van der Waals surface area contributed by atoms with Gasteiger partial charge in [0, 0.05) is 37.7 Å². The van der Waals surface area contributed by atoms with E-state index in [-0.39, 0.29) is 28.3 Å². The van der Waals surface area contributed by atoms with Gasteiger partial charge in [0.25, 0.3) is 5.56 Å². The lowest BCUT2D eigenvalue weighted by Gasteiger charge is -2.55. The van der Waals surface area contributed by atoms with Crippen LogP contribution in [0.15, 0.2) is 40.2 Å². The Balaban J connectivity index is 1.67. The zero-order chi connectivity index (χ0) is 22.2. The Hall–Kier alpha value is -2.72. The van der Waals surface area contributed by atoms with E-state index in [9.17, 15) is 18.0 Å². The fraction of sp³-hybridized carbons (Fsp3) is 0.476. The fourth-order valence-corrected chi connectivity index (χ4v) is 4.48. The number of nitrogens with zero attached hydrogens (tertiary/aromatic N) is 3. The molecule has 10 heteroatoms. The minimum absolute atomic E-state index is 0.108. The van der Waals surface area contributed by atoms with Gasteiger partial charge in [-0.25, -0.2) is 13.4 Å². The minimum atomic E-state index is -3.34. The standard InChI is InChI=1S/C21H25N3O6S/c1-3-30-18(25)9-4-15-10-24(16-5-7-17(8-6-16)31(2,27)28)20(26)19(22-15)23-11-21(12-23)13-29-14-21/h5-8,10H,3-4,9,11-14H2,1-2H3. The summed E-state index contributed by atoms with van der Waals surface area (Å²) in [5.41, 5.74) is 0.931. The number of hydrogen-bond acceptors (Lipinski definition) is 8. The van der Waals surface area contributed by atoms with Gasteiger partial charge in [-0.3, -0.25) is 14.2 Å². The zero-order valence-electron chi connectivity index (χ0n) is 17.5. The highest BCUT2D eigenvalue weighted by molar-refractivity contribution is 7.90. The number of ether oxygens (including phenoxy) is 2. The number of aromatic nitrogens is 2. The summed E-state index contributed by atoms with van der Waals surface area (Å²) in [6.07, 6.45) is 3.22. The molecule has 166 valence electrons. The maximum atomic E-state index is 13.2. The molecule has 0 unspecified atom stereocenters. The number of benzene rings is 1. The predicted octanol–water partition coefficient (Wildman–Crippen LogP) is 0.968. The first-order chi connectivity index (χ1) is 14.7. The first-order valence-electron chi connectivity index (χ1n) is 10.1. The van der Waals surface area contributed by atoms with E-state index in [1.807, 2.05) is 4.90 Å². The van der Waals surface area contributed by atoms with E-state index in [1.54, 1.807) is 25.3 Å². The number of esters is 1. The van der Waals surface area contributed by atoms with Crippen molar-refractivity contribution in [3.8, 4) is 5.69 Å². The summed E-state index contributed by atoms with van der Waals surface area (Å²) in [7, 11) is -3.34. The van der Waals surface area contributed by atoms with Crippen molar-refractivity contribution in [1.29, 1.82) is 0 Å². The zero-order valence-corrected chi connectivity index (χ0v) is 18.4. The van der Waals surface area contributed by atoms with E-state index >= 15 is 0 Å². The average Bonchev–Trinajstić information content (AvgIpc) is 2.65. The van der Waals surface area contributed by atoms with E-state index in [0.29, 0.717) is 56.5 Å². The van der Waals surface area contributed by atoms with Crippen LogP contribution in [-0.4, -0.2) is 63.1 Å². The lowest BCUT2D eigenvalue weighted by Crippen LogP contribution is -2.67. The molecule has 0 aliphatic carbocycles. The lowest BCUT2D eigenvalue weighted by molar-refractivity contribution is -0.143. The number of rotatable bonds is 7.